The Morgan fingerprint density at radius 2 is 1.23 bits per heavy atom. The molecule has 2 rings (SSSR count). The van der Waals surface area contributed by atoms with Crippen LogP contribution in [0.25, 0.3) is 0 Å². The average molecular weight is 693 g/mol. The summed E-state index contributed by atoms with van der Waals surface area (Å²) >= 11 is 0. The topological polar surface area (TPSA) is 208 Å². The predicted molar refractivity (Wildman–Crippen MR) is 171 cm³/mol. The lowest BCUT2D eigenvalue weighted by molar-refractivity contribution is -0.384. The van der Waals surface area contributed by atoms with E-state index in [4.69, 9.17) is 28.4 Å². The van der Waals surface area contributed by atoms with Crippen LogP contribution in [0.2, 0.25) is 0 Å². The molecule has 2 fully saturated rings. The number of esters is 3. The van der Waals surface area contributed by atoms with Gasteiger partial charge in [0.1, 0.15) is 31.0 Å². The molecule has 48 heavy (non-hydrogen) atoms. The monoisotopic (exact) mass is 692 g/mol. The molecule has 0 radical (unpaired) electrons. The predicted octanol–water partition coefficient (Wildman–Crippen LogP) is 2.27. The van der Waals surface area contributed by atoms with Crippen molar-refractivity contribution in [2.45, 2.75) is 166 Å². The Kier molecular flexibility index (Phi) is 18.8. The van der Waals surface area contributed by atoms with Crippen LogP contribution < -0.4 is 0 Å². The summed E-state index contributed by atoms with van der Waals surface area (Å²) in [6, 6.07) is 0. The van der Waals surface area contributed by atoms with Gasteiger partial charge in [0.05, 0.1) is 25.0 Å². The summed E-state index contributed by atoms with van der Waals surface area (Å²) in [4.78, 5) is 39.5. The van der Waals surface area contributed by atoms with E-state index >= 15 is 0 Å². The molecule has 0 aromatic carbocycles. The van der Waals surface area contributed by atoms with Crippen LogP contribution in [0.1, 0.15) is 112 Å². The van der Waals surface area contributed by atoms with E-state index in [0.717, 1.165) is 25.7 Å². The Hall–Kier alpha value is -1.91. The van der Waals surface area contributed by atoms with Gasteiger partial charge < -0.3 is 54.0 Å². The van der Waals surface area contributed by atoms with E-state index in [1.54, 1.807) is 27.7 Å². The second-order valence-corrected chi connectivity index (χ2v) is 13.0. The van der Waals surface area contributed by atoms with E-state index < -0.39 is 104 Å². The quantitative estimate of drug-likeness (QED) is 0.0627. The summed E-state index contributed by atoms with van der Waals surface area (Å²) in [6.07, 6.45) is -2.56. The van der Waals surface area contributed by atoms with Gasteiger partial charge in [-0.3, -0.25) is 14.4 Å². The van der Waals surface area contributed by atoms with Gasteiger partial charge in [0.25, 0.3) is 0 Å². The minimum atomic E-state index is -2.37. The van der Waals surface area contributed by atoms with E-state index in [2.05, 4.69) is 6.92 Å². The third-order valence-electron chi connectivity index (χ3n) is 9.28. The number of carbonyl (C=O) groups is 3. The van der Waals surface area contributed by atoms with Gasteiger partial charge in [-0.1, -0.05) is 86.0 Å². The van der Waals surface area contributed by atoms with Gasteiger partial charge in [0.15, 0.2) is 18.3 Å². The first-order chi connectivity index (χ1) is 22.9. The molecule has 2 heterocycles. The molecule has 0 aliphatic carbocycles. The van der Waals surface area contributed by atoms with E-state index in [9.17, 15) is 39.9 Å². The van der Waals surface area contributed by atoms with Gasteiger partial charge in [-0.25, -0.2) is 0 Å². The summed E-state index contributed by atoms with van der Waals surface area (Å²) in [5.41, 5.74) is 0. The molecule has 0 spiro atoms. The zero-order chi connectivity index (χ0) is 35.9. The first kappa shape index (κ1) is 42.3. The molecule has 2 saturated heterocycles. The van der Waals surface area contributed by atoms with Crippen molar-refractivity contribution in [3.63, 3.8) is 0 Å². The summed E-state index contributed by atoms with van der Waals surface area (Å²) in [6.45, 7) is 6.46. The Balaban J connectivity index is 2.39. The van der Waals surface area contributed by atoms with Crippen molar-refractivity contribution >= 4 is 17.9 Å². The molecule has 14 heteroatoms. The molecular formula is C34H60O14. The van der Waals surface area contributed by atoms with Crippen molar-refractivity contribution in [2.24, 2.45) is 11.8 Å². The largest absolute Gasteiger partial charge is 0.455 e. The van der Waals surface area contributed by atoms with Gasteiger partial charge in [-0.2, -0.15) is 0 Å². The lowest BCUT2D eigenvalue weighted by Gasteiger charge is -2.46. The fourth-order valence-electron chi connectivity index (χ4n) is 5.61. The fourth-order valence-corrected chi connectivity index (χ4v) is 5.61. The molecule has 0 aromatic rings. The Morgan fingerprint density at radius 3 is 1.71 bits per heavy atom. The number of hydrogen-bond acceptors (Lipinski definition) is 14. The summed E-state index contributed by atoms with van der Waals surface area (Å²) < 4.78 is 34.8. The minimum absolute atomic E-state index is 0.0212. The van der Waals surface area contributed by atoms with Gasteiger partial charge >= 0.3 is 17.9 Å². The molecule has 14 nitrogen and oxygen atoms in total. The fraction of sp³-hybridized carbons (Fsp3) is 0.912. The Labute approximate surface area is 284 Å². The average Bonchev–Trinajstić information content (AvgIpc) is 3.33. The molecule has 2 unspecified atom stereocenters. The lowest BCUT2D eigenvalue weighted by atomic mass is 9.97. The standard InChI is InChI=1S/C34H60O14/c1-6-9-10-11-12-13-14-15-16-17-25(38)44-28-27(45-31(41)21(4)7-2)24(19-36)43-33(29(28)46-32(42)22(5)8-3)48-34(20-37)30(40)26(39)23(18-35)47-34/h21-24,26-30,33,35-37,39-40H,6-20H2,1-5H3/t21?,22?,23-,24-,26-,27-,28+,29-,30+,33-,34+/m1/s1. The number of rotatable bonds is 22. The number of unbranched alkanes of at least 4 members (excludes halogenated alkanes) is 8. The van der Waals surface area contributed by atoms with Crippen LogP contribution in [0.4, 0.5) is 0 Å². The Bertz CT molecular complexity index is 964. The maximum absolute atomic E-state index is 13.3. The van der Waals surface area contributed by atoms with Crippen molar-refractivity contribution < 1.29 is 68.3 Å². The van der Waals surface area contributed by atoms with E-state index in [1.165, 1.54) is 25.7 Å². The molecule has 0 amide bonds. The van der Waals surface area contributed by atoms with E-state index in [-0.39, 0.29) is 6.42 Å². The van der Waals surface area contributed by atoms with E-state index in [1.807, 2.05) is 0 Å². The van der Waals surface area contributed by atoms with Crippen molar-refractivity contribution in [3.8, 4) is 0 Å². The van der Waals surface area contributed by atoms with Gasteiger partial charge in [-0.05, 0) is 19.3 Å². The van der Waals surface area contributed by atoms with Gasteiger partial charge in [-0.15, -0.1) is 0 Å². The van der Waals surface area contributed by atoms with Crippen LogP contribution >= 0.6 is 0 Å². The molecule has 0 saturated carbocycles. The summed E-state index contributed by atoms with van der Waals surface area (Å²) in [7, 11) is 0. The van der Waals surface area contributed by atoms with Crippen LogP contribution in [0, 0.1) is 11.8 Å². The maximum Gasteiger partial charge on any atom is 0.309 e. The highest BCUT2D eigenvalue weighted by Gasteiger charge is 2.60. The number of hydrogen-bond donors (Lipinski definition) is 5. The smallest absolute Gasteiger partial charge is 0.309 e. The number of aliphatic hydroxyl groups is 5. The van der Waals surface area contributed by atoms with Crippen molar-refractivity contribution in [2.75, 3.05) is 19.8 Å². The zero-order valence-corrected chi connectivity index (χ0v) is 29.3. The molecule has 11 atom stereocenters. The van der Waals surface area contributed by atoms with Gasteiger partial charge in [0.2, 0.25) is 12.1 Å². The lowest BCUT2D eigenvalue weighted by Crippen LogP contribution is -2.65. The number of aliphatic hydroxyl groups excluding tert-OH is 5. The molecular weight excluding hydrogens is 632 g/mol. The minimum Gasteiger partial charge on any atom is -0.455 e. The normalized spacial score (nSPS) is 31.6. The molecule has 280 valence electrons. The third-order valence-corrected chi connectivity index (χ3v) is 9.28. The zero-order valence-electron chi connectivity index (χ0n) is 29.3. The number of ether oxygens (including phenoxy) is 6. The van der Waals surface area contributed by atoms with E-state index in [0.29, 0.717) is 19.3 Å². The highest BCUT2D eigenvalue weighted by molar-refractivity contribution is 5.73. The molecule has 2 aliphatic heterocycles. The SMILES string of the molecule is CCCCCCCCCCCC(=O)O[C@@H]1[C@@H](OC(=O)C(C)CC)[C@@H](O[C@]2(CO)O[C@H](CO)[C@@H](O)[C@@H]2O)O[C@H](CO)[C@H]1OC(=O)C(C)CC. The van der Waals surface area contributed by atoms with Crippen molar-refractivity contribution in [1.29, 1.82) is 0 Å². The van der Waals surface area contributed by atoms with Gasteiger partial charge in [0, 0.05) is 6.42 Å². The second-order valence-electron chi connectivity index (χ2n) is 13.0. The highest BCUT2D eigenvalue weighted by Crippen LogP contribution is 2.38. The number of carbonyl (C=O) groups excluding carboxylic acids is 3. The van der Waals surface area contributed by atoms with Crippen LogP contribution in [0.5, 0.6) is 0 Å². The first-order valence-electron chi connectivity index (χ1n) is 17.7. The third kappa shape index (κ3) is 11.6. The molecule has 5 N–H and O–H groups in total. The maximum atomic E-state index is 13.3. The molecule has 2 aliphatic rings. The van der Waals surface area contributed by atoms with Crippen LogP contribution in [-0.2, 0) is 42.8 Å². The van der Waals surface area contributed by atoms with Crippen LogP contribution in [-0.4, -0.2) is 118 Å². The van der Waals surface area contributed by atoms with Crippen molar-refractivity contribution in [1.82, 2.24) is 0 Å². The Morgan fingerprint density at radius 1 is 0.708 bits per heavy atom. The van der Waals surface area contributed by atoms with Crippen LogP contribution in [0.15, 0.2) is 0 Å². The van der Waals surface area contributed by atoms with Crippen LogP contribution in [0.3, 0.4) is 0 Å². The van der Waals surface area contributed by atoms with Crippen molar-refractivity contribution in [3.05, 3.63) is 0 Å². The first-order valence-corrected chi connectivity index (χ1v) is 17.7. The molecule has 0 bridgehead atoms. The highest BCUT2D eigenvalue weighted by atomic mass is 16.8. The summed E-state index contributed by atoms with van der Waals surface area (Å²) in [5.74, 6) is -5.61. The second kappa shape index (κ2) is 21.3. The summed E-state index contributed by atoms with van der Waals surface area (Å²) in [5, 5.41) is 51.5. The molecule has 0 aromatic heterocycles.